The molecule has 0 aliphatic carbocycles. The number of nitrogens with zero attached hydrogens (tertiary/aromatic N) is 2. The molecule has 21 heavy (non-hydrogen) atoms. The van der Waals surface area contributed by atoms with E-state index in [1.807, 2.05) is 12.1 Å². The smallest absolute Gasteiger partial charge is 0.0438 e. The summed E-state index contributed by atoms with van der Waals surface area (Å²) in [6.45, 7) is 6.63. The van der Waals surface area contributed by atoms with Gasteiger partial charge in [0.05, 0.1) is 0 Å². The Bertz CT molecular complexity index is 438. The van der Waals surface area contributed by atoms with Gasteiger partial charge in [-0.1, -0.05) is 36.7 Å². The molecule has 2 atom stereocenters. The largest absolute Gasteiger partial charge is 0.312 e. The molecule has 1 N–H and O–H groups in total. The van der Waals surface area contributed by atoms with Gasteiger partial charge in [-0.2, -0.15) is 0 Å². The van der Waals surface area contributed by atoms with Gasteiger partial charge in [0.1, 0.15) is 0 Å². The third kappa shape index (κ3) is 4.68. The lowest BCUT2D eigenvalue weighted by atomic mass is 9.98. The highest BCUT2D eigenvalue weighted by Crippen LogP contribution is 2.20. The monoisotopic (exact) mass is 309 g/mol. The maximum Gasteiger partial charge on any atom is 0.0438 e. The molecular formula is C17H28ClN3. The molecule has 3 nitrogen and oxygen atoms in total. The summed E-state index contributed by atoms with van der Waals surface area (Å²) in [5, 5.41) is 4.56. The van der Waals surface area contributed by atoms with E-state index < -0.39 is 0 Å². The summed E-state index contributed by atoms with van der Waals surface area (Å²) < 4.78 is 0. The minimum Gasteiger partial charge on any atom is -0.312 e. The molecule has 1 aromatic rings. The minimum absolute atomic E-state index is 0.431. The molecule has 1 aliphatic rings. The van der Waals surface area contributed by atoms with Gasteiger partial charge >= 0.3 is 0 Å². The predicted octanol–water partition coefficient (Wildman–Crippen LogP) is 2.50. The average molecular weight is 310 g/mol. The lowest BCUT2D eigenvalue weighted by Crippen LogP contribution is -2.53. The zero-order valence-corrected chi connectivity index (χ0v) is 14.2. The number of likely N-dealkylation sites (N-methyl/N-ethyl adjacent to an activating group) is 3. The van der Waals surface area contributed by atoms with Crippen molar-refractivity contribution in [3.05, 3.63) is 34.9 Å². The molecule has 0 radical (unpaired) electrons. The Kier molecular flexibility index (Phi) is 6.49. The Morgan fingerprint density at radius 1 is 1.29 bits per heavy atom. The number of nitrogens with one attached hydrogen (secondary N) is 1. The predicted molar refractivity (Wildman–Crippen MR) is 91.2 cm³/mol. The fourth-order valence-corrected chi connectivity index (χ4v) is 3.46. The van der Waals surface area contributed by atoms with Crippen molar-refractivity contribution < 1.29 is 0 Å². The van der Waals surface area contributed by atoms with Crippen LogP contribution in [-0.2, 0) is 6.42 Å². The van der Waals surface area contributed by atoms with Crippen LogP contribution < -0.4 is 5.32 Å². The Morgan fingerprint density at radius 3 is 2.76 bits per heavy atom. The standard InChI is InChI=1S/C17H28ClN3/c1-4-19-16(12-14-8-5-6-9-15(14)18)17-13-20(2)10-7-11-21(17)3/h5-6,8-9,16-17,19H,4,7,10-13H2,1-3H3. The van der Waals surface area contributed by atoms with Gasteiger partial charge in [-0.15, -0.1) is 0 Å². The first kappa shape index (κ1) is 16.8. The highest BCUT2D eigenvalue weighted by molar-refractivity contribution is 6.31. The summed E-state index contributed by atoms with van der Waals surface area (Å²) in [7, 11) is 4.48. The summed E-state index contributed by atoms with van der Waals surface area (Å²) in [6, 6.07) is 9.16. The molecular weight excluding hydrogens is 282 g/mol. The SMILES string of the molecule is CCNC(Cc1ccccc1Cl)C1CN(C)CCCN1C. The van der Waals surface area contributed by atoms with Gasteiger partial charge in [-0.25, -0.2) is 0 Å². The van der Waals surface area contributed by atoms with Gasteiger partial charge in [0, 0.05) is 23.7 Å². The van der Waals surface area contributed by atoms with E-state index >= 15 is 0 Å². The van der Waals surface area contributed by atoms with Crippen molar-refractivity contribution in [2.45, 2.75) is 31.8 Å². The number of halogens is 1. The number of rotatable bonds is 5. The van der Waals surface area contributed by atoms with Crippen LogP contribution in [0.3, 0.4) is 0 Å². The Balaban J connectivity index is 2.14. The van der Waals surface area contributed by atoms with Crippen molar-refractivity contribution in [3.63, 3.8) is 0 Å². The van der Waals surface area contributed by atoms with Gasteiger partial charge in [0.15, 0.2) is 0 Å². The van der Waals surface area contributed by atoms with Crippen molar-refractivity contribution in [3.8, 4) is 0 Å². The van der Waals surface area contributed by atoms with E-state index in [-0.39, 0.29) is 0 Å². The summed E-state index contributed by atoms with van der Waals surface area (Å²) in [4.78, 5) is 4.96. The van der Waals surface area contributed by atoms with E-state index in [0.717, 1.165) is 24.5 Å². The van der Waals surface area contributed by atoms with Crippen molar-refractivity contribution in [1.29, 1.82) is 0 Å². The summed E-state index contributed by atoms with van der Waals surface area (Å²) in [6.07, 6.45) is 2.23. The van der Waals surface area contributed by atoms with Crippen LogP contribution in [0.5, 0.6) is 0 Å². The molecule has 0 spiro atoms. The molecule has 2 rings (SSSR count). The molecule has 118 valence electrons. The lowest BCUT2D eigenvalue weighted by molar-refractivity contribution is 0.178. The van der Waals surface area contributed by atoms with Crippen LogP contribution in [0, 0.1) is 0 Å². The van der Waals surface area contributed by atoms with Gasteiger partial charge < -0.3 is 15.1 Å². The van der Waals surface area contributed by atoms with Gasteiger partial charge in [-0.05, 0) is 58.2 Å². The molecule has 1 saturated heterocycles. The highest BCUT2D eigenvalue weighted by Gasteiger charge is 2.28. The normalized spacial score (nSPS) is 23.0. The zero-order chi connectivity index (χ0) is 15.2. The second-order valence-corrected chi connectivity index (χ2v) is 6.53. The third-order valence-corrected chi connectivity index (χ3v) is 4.81. The van der Waals surface area contributed by atoms with Crippen LogP contribution in [0.25, 0.3) is 0 Å². The molecule has 1 aliphatic heterocycles. The molecule has 0 saturated carbocycles. The van der Waals surface area contributed by atoms with Crippen LogP contribution in [0.15, 0.2) is 24.3 Å². The molecule has 2 unspecified atom stereocenters. The van der Waals surface area contributed by atoms with Crippen LogP contribution in [0.1, 0.15) is 18.9 Å². The van der Waals surface area contributed by atoms with Crippen molar-refractivity contribution >= 4 is 11.6 Å². The summed E-state index contributed by atoms with van der Waals surface area (Å²) >= 11 is 6.35. The van der Waals surface area contributed by atoms with Crippen LogP contribution >= 0.6 is 11.6 Å². The molecule has 0 bridgehead atoms. The molecule has 0 aromatic heterocycles. The summed E-state index contributed by atoms with van der Waals surface area (Å²) in [5.74, 6) is 0. The number of hydrogen-bond acceptors (Lipinski definition) is 3. The van der Waals surface area contributed by atoms with Crippen molar-refractivity contribution in [2.75, 3.05) is 40.3 Å². The van der Waals surface area contributed by atoms with Gasteiger partial charge in [0.2, 0.25) is 0 Å². The van der Waals surface area contributed by atoms with Crippen LogP contribution in [0.2, 0.25) is 5.02 Å². The minimum atomic E-state index is 0.431. The van der Waals surface area contributed by atoms with Gasteiger partial charge in [-0.3, -0.25) is 0 Å². The maximum atomic E-state index is 6.35. The molecule has 1 aromatic carbocycles. The van der Waals surface area contributed by atoms with Crippen molar-refractivity contribution in [2.24, 2.45) is 0 Å². The molecule has 4 heteroatoms. The van der Waals surface area contributed by atoms with E-state index in [0.29, 0.717) is 12.1 Å². The third-order valence-electron chi connectivity index (χ3n) is 4.44. The van der Waals surface area contributed by atoms with E-state index in [1.165, 1.54) is 25.1 Å². The van der Waals surface area contributed by atoms with Crippen LogP contribution in [-0.4, -0.2) is 62.2 Å². The quantitative estimate of drug-likeness (QED) is 0.901. The van der Waals surface area contributed by atoms with E-state index in [1.54, 1.807) is 0 Å². The topological polar surface area (TPSA) is 18.5 Å². The number of hydrogen-bond donors (Lipinski definition) is 1. The average Bonchev–Trinajstić information content (AvgIpc) is 2.62. The van der Waals surface area contributed by atoms with E-state index in [2.05, 4.69) is 48.3 Å². The Morgan fingerprint density at radius 2 is 2.05 bits per heavy atom. The zero-order valence-electron chi connectivity index (χ0n) is 13.5. The van der Waals surface area contributed by atoms with Crippen LogP contribution in [0.4, 0.5) is 0 Å². The van der Waals surface area contributed by atoms with E-state index in [9.17, 15) is 0 Å². The van der Waals surface area contributed by atoms with Crippen molar-refractivity contribution in [1.82, 2.24) is 15.1 Å². The lowest BCUT2D eigenvalue weighted by Gasteiger charge is -2.35. The Labute approximate surface area is 134 Å². The first-order chi connectivity index (χ1) is 10.1. The maximum absolute atomic E-state index is 6.35. The Hall–Kier alpha value is -0.610. The molecule has 1 heterocycles. The number of benzene rings is 1. The van der Waals surface area contributed by atoms with E-state index in [4.69, 9.17) is 11.6 Å². The fourth-order valence-electron chi connectivity index (χ4n) is 3.25. The van der Waals surface area contributed by atoms with Gasteiger partial charge in [0.25, 0.3) is 0 Å². The summed E-state index contributed by atoms with van der Waals surface area (Å²) in [5.41, 5.74) is 1.24. The second-order valence-electron chi connectivity index (χ2n) is 6.12. The molecule has 0 amide bonds. The second kappa shape index (κ2) is 8.14. The molecule has 1 fully saturated rings. The highest BCUT2D eigenvalue weighted by atomic mass is 35.5. The fraction of sp³-hybridized carbons (Fsp3) is 0.647. The first-order valence-corrected chi connectivity index (χ1v) is 8.35. The first-order valence-electron chi connectivity index (χ1n) is 7.97.